The van der Waals surface area contributed by atoms with Crippen LogP contribution in [0.15, 0.2) is 18.2 Å². The third-order valence-electron chi connectivity index (χ3n) is 3.69. The van der Waals surface area contributed by atoms with Gasteiger partial charge in [-0.25, -0.2) is 0 Å². The van der Waals surface area contributed by atoms with E-state index in [-0.39, 0.29) is 5.91 Å². The second-order valence-corrected chi connectivity index (χ2v) is 5.41. The summed E-state index contributed by atoms with van der Waals surface area (Å²) >= 11 is 6.11. The maximum atomic E-state index is 12.5. The van der Waals surface area contributed by atoms with E-state index in [4.69, 9.17) is 17.3 Å². The molecule has 0 heterocycles. The minimum absolute atomic E-state index is 0.0469. The van der Waals surface area contributed by atoms with Crippen LogP contribution >= 0.6 is 11.6 Å². The molecule has 118 valence electrons. The molecule has 0 saturated heterocycles. The Labute approximate surface area is 132 Å². The topological polar surface area (TPSA) is 49.6 Å². The average molecular weight is 312 g/mol. The zero-order chi connectivity index (χ0) is 15.8. The minimum atomic E-state index is -0.0469. The van der Waals surface area contributed by atoms with E-state index in [1.807, 2.05) is 11.8 Å². The van der Waals surface area contributed by atoms with Gasteiger partial charge in [-0.2, -0.15) is 0 Å². The molecule has 0 spiro atoms. The lowest BCUT2D eigenvalue weighted by Crippen LogP contribution is -2.34. The number of rotatable bonds is 8. The van der Waals surface area contributed by atoms with Gasteiger partial charge in [-0.3, -0.25) is 4.79 Å². The number of nitrogens with zero attached hydrogens (tertiary/aromatic N) is 2. The van der Waals surface area contributed by atoms with E-state index in [0.717, 1.165) is 32.6 Å². The highest BCUT2D eigenvalue weighted by Gasteiger charge is 2.17. The summed E-state index contributed by atoms with van der Waals surface area (Å²) in [6.07, 6.45) is 0.960. The van der Waals surface area contributed by atoms with Crippen LogP contribution < -0.4 is 5.73 Å². The van der Waals surface area contributed by atoms with Crippen molar-refractivity contribution in [3.8, 4) is 0 Å². The smallest absolute Gasteiger partial charge is 0.255 e. The number of amides is 1. The fourth-order valence-electron chi connectivity index (χ4n) is 2.31. The van der Waals surface area contributed by atoms with Gasteiger partial charge in [0.05, 0.1) is 10.6 Å². The molecule has 0 saturated carbocycles. The van der Waals surface area contributed by atoms with E-state index in [9.17, 15) is 4.79 Å². The Morgan fingerprint density at radius 1 is 1.14 bits per heavy atom. The Hall–Kier alpha value is -1.26. The summed E-state index contributed by atoms with van der Waals surface area (Å²) in [6.45, 7) is 10.8. The van der Waals surface area contributed by atoms with Gasteiger partial charge in [0.15, 0.2) is 0 Å². The van der Waals surface area contributed by atoms with Crippen LogP contribution in [0.2, 0.25) is 5.02 Å². The van der Waals surface area contributed by atoms with E-state index in [1.54, 1.807) is 18.2 Å². The fourth-order valence-corrected chi connectivity index (χ4v) is 2.50. The molecule has 5 heteroatoms. The van der Waals surface area contributed by atoms with E-state index in [2.05, 4.69) is 18.7 Å². The number of carbonyl (C=O) groups excluding carboxylic acids is 1. The summed E-state index contributed by atoms with van der Waals surface area (Å²) in [5, 5.41) is 0.455. The summed E-state index contributed by atoms with van der Waals surface area (Å²) in [5.41, 5.74) is 6.79. The highest BCUT2D eigenvalue weighted by atomic mass is 35.5. The van der Waals surface area contributed by atoms with Crippen molar-refractivity contribution in [1.82, 2.24) is 9.80 Å². The zero-order valence-electron chi connectivity index (χ0n) is 13.2. The molecule has 21 heavy (non-hydrogen) atoms. The van der Waals surface area contributed by atoms with Crippen LogP contribution in [0.3, 0.4) is 0 Å². The zero-order valence-corrected chi connectivity index (χ0v) is 14.0. The van der Waals surface area contributed by atoms with Gasteiger partial charge in [-0.1, -0.05) is 25.4 Å². The van der Waals surface area contributed by atoms with Crippen molar-refractivity contribution in [3.05, 3.63) is 28.8 Å². The van der Waals surface area contributed by atoms with Gasteiger partial charge in [-0.15, -0.1) is 0 Å². The van der Waals surface area contributed by atoms with Crippen LogP contribution in [0.25, 0.3) is 0 Å². The van der Waals surface area contributed by atoms with Gasteiger partial charge in [0.2, 0.25) is 0 Å². The van der Waals surface area contributed by atoms with Gasteiger partial charge >= 0.3 is 0 Å². The van der Waals surface area contributed by atoms with Gasteiger partial charge in [-0.05, 0) is 51.2 Å². The highest BCUT2D eigenvalue weighted by Crippen LogP contribution is 2.20. The molecule has 2 N–H and O–H groups in total. The van der Waals surface area contributed by atoms with E-state index in [0.29, 0.717) is 22.8 Å². The molecule has 1 aromatic carbocycles. The number of anilines is 1. The first kappa shape index (κ1) is 17.8. The molecule has 0 aliphatic heterocycles. The van der Waals surface area contributed by atoms with E-state index >= 15 is 0 Å². The van der Waals surface area contributed by atoms with E-state index < -0.39 is 0 Å². The number of nitrogen functional groups attached to an aromatic ring is 1. The summed E-state index contributed by atoms with van der Waals surface area (Å²) in [7, 11) is 0. The third-order valence-corrected chi connectivity index (χ3v) is 4.02. The lowest BCUT2D eigenvalue weighted by molar-refractivity contribution is 0.0757. The van der Waals surface area contributed by atoms with Crippen LogP contribution in [-0.2, 0) is 0 Å². The summed E-state index contributed by atoms with van der Waals surface area (Å²) < 4.78 is 0. The number of benzene rings is 1. The fraction of sp³-hybridized carbons (Fsp3) is 0.562. The largest absolute Gasteiger partial charge is 0.399 e. The number of carbonyl (C=O) groups is 1. The molecule has 4 nitrogen and oxygen atoms in total. The number of hydrogen-bond acceptors (Lipinski definition) is 3. The number of hydrogen-bond donors (Lipinski definition) is 1. The third kappa shape index (κ3) is 5.21. The maximum absolute atomic E-state index is 12.5. The minimum Gasteiger partial charge on any atom is -0.399 e. The lowest BCUT2D eigenvalue weighted by Gasteiger charge is -2.24. The molecule has 1 aromatic rings. The summed E-state index contributed by atoms with van der Waals surface area (Å²) in [5.74, 6) is -0.0469. The van der Waals surface area contributed by atoms with Gasteiger partial charge in [0.25, 0.3) is 5.91 Å². The van der Waals surface area contributed by atoms with Crippen molar-refractivity contribution in [2.45, 2.75) is 27.2 Å². The number of nitrogens with two attached hydrogens (primary N) is 1. The van der Waals surface area contributed by atoms with Crippen LogP contribution in [0.5, 0.6) is 0 Å². The van der Waals surface area contributed by atoms with Crippen molar-refractivity contribution >= 4 is 23.2 Å². The normalized spacial score (nSPS) is 10.9. The van der Waals surface area contributed by atoms with Crippen LogP contribution in [0.4, 0.5) is 5.69 Å². The van der Waals surface area contributed by atoms with Crippen molar-refractivity contribution in [2.24, 2.45) is 0 Å². The van der Waals surface area contributed by atoms with E-state index in [1.165, 1.54) is 0 Å². The van der Waals surface area contributed by atoms with Crippen molar-refractivity contribution in [3.63, 3.8) is 0 Å². The predicted octanol–water partition coefficient (Wildman–Crippen LogP) is 3.12. The average Bonchev–Trinajstić information content (AvgIpc) is 2.49. The SMILES string of the molecule is CCN(CC)CCCN(CC)C(=O)c1cc(N)ccc1Cl. The molecule has 0 aliphatic rings. The summed E-state index contributed by atoms with van der Waals surface area (Å²) in [6, 6.07) is 5.03. The van der Waals surface area contributed by atoms with Crippen molar-refractivity contribution in [1.29, 1.82) is 0 Å². The summed E-state index contributed by atoms with van der Waals surface area (Å²) in [4.78, 5) is 16.7. The van der Waals surface area contributed by atoms with Crippen molar-refractivity contribution in [2.75, 3.05) is 38.5 Å². The van der Waals surface area contributed by atoms with Gasteiger partial charge in [0, 0.05) is 18.8 Å². The molecular weight excluding hydrogens is 286 g/mol. The molecule has 0 aromatic heterocycles. The quantitative estimate of drug-likeness (QED) is 0.750. The van der Waals surface area contributed by atoms with Gasteiger partial charge in [0.1, 0.15) is 0 Å². The standard InChI is InChI=1S/C16H26ClN3O/c1-4-19(5-2)10-7-11-20(6-3)16(21)14-12-13(18)8-9-15(14)17/h8-9,12H,4-7,10-11,18H2,1-3H3. The Bertz CT molecular complexity index is 461. The second-order valence-electron chi connectivity index (χ2n) is 5.00. The first-order chi connectivity index (χ1) is 10.0. The molecule has 1 rings (SSSR count). The Balaban J connectivity index is 2.67. The number of halogens is 1. The monoisotopic (exact) mass is 311 g/mol. The molecule has 0 radical (unpaired) electrons. The first-order valence-electron chi connectivity index (χ1n) is 7.60. The maximum Gasteiger partial charge on any atom is 0.255 e. The Morgan fingerprint density at radius 2 is 1.81 bits per heavy atom. The predicted molar refractivity (Wildman–Crippen MR) is 89.8 cm³/mol. The molecule has 0 unspecified atom stereocenters. The molecule has 0 atom stereocenters. The molecule has 0 fully saturated rings. The highest BCUT2D eigenvalue weighted by molar-refractivity contribution is 6.34. The molecular formula is C16H26ClN3O. The Kier molecular flexibility index (Phi) is 7.54. The molecule has 0 bridgehead atoms. The van der Waals surface area contributed by atoms with Gasteiger partial charge < -0.3 is 15.5 Å². The molecule has 0 aliphatic carbocycles. The van der Waals surface area contributed by atoms with Crippen LogP contribution in [0.1, 0.15) is 37.6 Å². The lowest BCUT2D eigenvalue weighted by atomic mass is 10.1. The van der Waals surface area contributed by atoms with Crippen LogP contribution in [0, 0.1) is 0 Å². The second kappa shape index (κ2) is 8.90. The first-order valence-corrected chi connectivity index (χ1v) is 7.97. The van der Waals surface area contributed by atoms with Crippen molar-refractivity contribution < 1.29 is 4.79 Å². The van der Waals surface area contributed by atoms with Crippen LogP contribution in [-0.4, -0.2) is 48.4 Å². The Morgan fingerprint density at radius 3 is 2.38 bits per heavy atom. The molecule has 1 amide bonds.